The maximum Gasteiger partial charge on any atom is 0.184 e. The van der Waals surface area contributed by atoms with Crippen LogP contribution in [0.25, 0.3) is 10.2 Å². The lowest BCUT2D eigenvalue weighted by Gasteiger charge is -2.08. The molecule has 0 unspecified atom stereocenters. The molecule has 1 aromatic carbocycles. The summed E-state index contributed by atoms with van der Waals surface area (Å²) in [5, 5.41) is 4.28. The highest BCUT2D eigenvalue weighted by molar-refractivity contribution is 7.22. The van der Waals surface area contributed by atoms with Crippen molar-refractivity contribution in [1.82, 2.24) is 4.98 Å². The number of benzene rings is 1. The number of rotatable bonds is 2. The van der Waals surface area contributed by atoms with E-state index in [2.05, 4.69) is 17.2 Å². The van der Waals surface area contributed by atoms with Gasteiger partial charge in [0.2, 0.25) is 0 Å². The van der Waals surface area contributed by atoms with E-state index in [-0.39, 0.29) is 11.4 Å². The van der Waals surface area contributed by atoms with Crippen LogP contribution in [0.5, 0.6) is 0 Å². The zero-order valence-corrected chi connectivity index (χ0v) is 9.20. The molecule has 3 rings (SSSR count). The fourth-order valence-corrected chi connectivity index (χ4v) is 2.52. The van der Waals surface area contributed by atoms with E-state index in [1.54, 1.807) is 17.4 Å². The van der Waals surface area contributed by atoms with Crippen LogP contribution in [-0.4, -0.2) is 10.5 Å². The van der Waals surface area contributed by atoms with Crippen LogP contribution >= 0.6 is 11.3 Å². The first-order valence-electron chi connectivity index (χ1n) is 4.99. The first kappa shape index (κ1) is 9.09. The summed E-state index contributed by atoms with van der Waals surface area (Å²) in [6.07, 6.45) is 2.38. The molecule has 15 heavy (non-hydrogen) atoms. The molecule has 1 N–H and O–H groups in total. The average Bonchev–Trinajstić information content (AvgIpc) is 2.76. The molecule has 1 saturated carbocycles. The van der Waals surface area contributed by atoms with Gasteiger partial charge in [0, 0.05) is 11.6 Å². The van der Waals surface area contributed by atoms with Crippen LogP contribution in [0.15, 0.2) is 18.2 Å². The Morgan fingerprint density at radius 1 is 1.47 bits per heavy atom. The third-order valence-corrected chi connectivity index (χ3v) is 3.71. The second-order valence-corrected chi connectivity index (χ2v) is 5.35. The lowest BCUT2D eigenvalue weighted by atomic mass is 10.3. The molecule has 0 atom stereocenters. The molecular weight excluding hydrogens is 211 g/mol. The van der Waals surface area contributed by atoms with Crippen molar-refractivity contribution in [3.8, 4) is 0 Å². The van der Waals surface area contributed by atoms with E-state index in [9.17, 15) is 4.39 Å². The minimum absolute atomic E-state index is 0.225. The van der Waals surface area contributed by atoms with Gasteiger partial charge >= 0.3 is 0 Å². The minimum Gasteiger partial charge on any atom is -0.356 e. The van der Waals surface area contributed by atoms with E-state index in [1.807, 2.05) is 0 Å². The van der Waals surface area contributed by atoms with Crippen LogP contribution in [-0.2, 0) is 0 Å². The topological polar surface area (TPSA) is 24.9 Å². The Morgan fingerprint density at radius 3 is 3.00 bits per heavy atom. The predicted octanol–water partition coefficient (Wildman–Crippen LogP) is 3.40. The molecule has 2 nitrogen and oxygen atoms in total. The van der Waals surface area contributed by atoms with E-state index in [0.29, 0.717) is 0 Å². The van der Waals surface area contributed by atoms with Gasteiger partial charge in [-0.15, -0.1) is 0 Å². The van der Waals surface area contributed by atoms with Gasteiger partial charge in [-0.05, 0) is 31.9 Å². The lowest BCUT2D eigenvalue weighted by Crippen LogP contribution is -2.15. The zero-order valence-electron chi connectivity index (χ0n) is 8.38. The Kier molecular flexibility index (Phi) is 1.77. The Bertz CT molecular complexity index is 516. The smallest absolute Gasteiger partial charge is 0.184 e. The summed E-state index contributed by atoms with van der Waals surface area (Å²) in [5.74, 6) is -0.225. The van der Waals surface area contributed by atoms with E-state index in [0.717, 1.165) is 15.3 Å². The fraction of sp³-hybridized carbons (Fsp3) is 0.364. The molecule has 78 valence electrons. The van der Waals surface area contributed by atoms with Gasteiger partial charge in [-0.1, -0.05) is 11.3 Å². The number of fused-ring (bicyclic) bond motifs is 1. The Morgan fingerprint density at radius 2 is 2.27 bits per heavy atom. The summed E-state index contributed by atoms with van der Waals surface area (Å²) in [6.45, 7) is 2.18. The van der Waals surface area contributed by atoms with E-state index in [4.69, 9.17) is 0 Å². The third kappa shape index (κ3) is 1.69. The highest BCUT2D eigenvalue weighted by Gasteiger charge is 2.37. The Hall–Kier alpha value is -1.16. The normalized spacial score (nSPS) is 18.0. The fourth-order valence-electron chi connectivity index (χ4n) is 1.52. The SMILES string of the molecule is CC1(Nc2nc3cc(F)ccc3s2)CC1. The molecule has 1 aliphatic rings. The monoisotopic (exact) mass is 222 g/mol. The summed E-state index contributed by atoms with van der Waals surface area (Å²) in [7, 11) is 0. The zero-order chi connectivity index (χ0) is 10.5. The van der Waals surface area contributed by atoms with Gasteiger partial charge < -0.3 is 5.32 Å². The van der Waals surface area contributed by atoms with Crippen molar-refractivity contribution < 1.29 is 4.39 Å². The second kappa shape index (κ2) is 2.92. The predicted molar refractivity (Wildman–Crippen MR) is 60.8 cm³/mol. The maximum atomic E-state index is 12.9. The summed E-state index contributed by atoms with van der Waals surface area (Å²) in [4.78, 5) is 4.37. The van der Waals surface area contributed by atoms with Gasteiger partial charge in [-0.2, -0.15) is 0 Å². The molecule has 0 saturated heterocycles. The van der Waals surface area contributed by atoms with Crippen molar-refractivity contribution in [3.05, 3.63) is 24.0 Å². The molecule has 0 aliphatic heterocycles. The number of aromatic nitrogens is 1. The Labute approximate surface area is 91.1 Å². The van der Waals surface area contributed by atoms with Crippen LogP contribution in [0, 0.1) is 5.82 Å². The summed E-state index contributed by atoms with van der Waals surface area (Å²) < 4.78 is 14.0. The summed E-state index contributed by atoms with van der Waals surface area (Å²) in [5.41, 5.74) is 0.971. The van der Waals surface area contributed by atoms with Gasteiger partial charge in [0.25, 0.3) is 0 Å². The van der Waals surface area contributed by atoms with E-state index >= 15 is 0 Å². The minimum atomic E-state index is -0.225. The van der Waals surface area contributed by atoms with Crippen molar-refractivity contribution >= 4 is 26.7 Å². The molecular formula is C11H11FN2S. The van der Waals surface area contributed by atoms with Crippen LogP contribution in [0.4, 0.5) is 9.52 Å². The van der Waals surface area contributed by atoms with Crippen molar-refractivity contribution in [1.29, 1.82) is 0 Å². The molecule has 2 aromatic rings. The molecule has 0 radical (unpaired) electrons. The molecule has 4 heteroatoms. The van der Waals surface area contributed by atoms with Crippen molar-refractivity contribution in [2.75, 3.05) is 5.32 Å². The first-order valence-corrected chi connectivity index (χ1v) is 5.81. The van der Waals surface area contributed by atoms with Gasteiger partial charge in [-0.25, -0.2) is 9.37 Å². The number of nitrogens with zero attached hydrogens (tertiary/aromatic N) is 1. The number of anilines is 1. The van der Waals surface area contributed by atoms with E-state index in [1.165, 1.54) is 25.0 Å². The molecule has 0 bridgehead atoms. The highest BCUT2D eigenvalue weighted by atomic mass is 32.1. The highest BCUT2D eigenvalue weighted by Crippen LogP contribution is 2.39. The molecule has 1 aliphatic carbocycles. The molecule has 1 aromatic heterocycles. The van der Waals surface area contributed by atoms with Crippen molar-refractivity contribution in [3.63, 3.8) is 0 Å². The maximum absolute atomic E-state index is 12.9. The van der Waals surface area contributed by atoms with Crippen LogP contribution in [0.1, 0.15) is 19.8 Å². The van der Waals surface area contributed by atoms with Crippen LogP contribution in [0.2, 0.25) is 0 Å². The van der Waals surface area contributed by atoms with Crippen molar-refractivity contribution in [2.45, 2.75) is 25.3 Å². The third-order valence-electron chi connectivity index (χ3n) is 2.76. The summed E-state index contributed by atoms with van der Waals surface area (Å²) in [6, 6.07) is 4.73. The standard InChI is InChI=1S/C11H11FN2S/c1-11(4-5-11)14-10-13-8-6-7(12)2-3-9(8)15-10/h2-3,6H,4-5H2,1H3,(H,13,14). The van der Waals surface area contributed by atoms with Gasteiger partial charge in [0.05, 0.1) is 10.2 Å². The number of hydrogen-bond acceptors (Lipinski definition) is 3. The Balaban J connectivity index is 1.99. The molecule has 0 amide bonds. The van der Waals surface area contributed by atoms with Crippen LogP contribution < -0.4 is 5.32 Å². The lowest BCUT2D eigenvalue weighted by molar-refractivity contribution is 0.629. The average molecular weight is 222 g/mol. The number of nitrogens with one attached hydrogen (secondary N) is 1. The number of thiazole rings is 1. The largest absolute Gasteiger partial charge is 0.356 e. The second-order valence-electron chi connectivity index (χ2n) is 4.32. The van der Waals surface area contributed by atoms with Gasteiger partial charge in [0.1, 0.15) is 5.82 Å². The van der Waals surface area contributed by atoms with Crippen molar-refractivity contribution in [2.24, 2.45) is 0 Å². The van der Waals surface area contributed by atoms with E-state index < -0.39 is 0 Å². The van der Waals surface area contributed by atoms with Gasteiger partial charge in [0.15, 0.2) is 5.13 Å². The number of hydrogen-bond donors (Lipinski definition) is 1. The van der Waals surface area contributed by atoms with Gasteiger partial charge in [-0.3, -0.25) is 0 Å². The molecule has 0 spiro atoms. The molecule has 1 heterocycles. The van der Waals surface area contributed by atoms with Crippen LogP contribution in [0.3, 0.4) is 0 Å². The quantitative estimate of drug-likeness (QED) is 0.842. The first-order chi connectivity index (χ1) is 7.15. The summed E-state index contributed by atoms with van der Waals surface area (Å²) >= 11 is 1.58. The number of halogens is 1. The molecule has 1 fully saturated rings.